The topological polar surface area (TPSA) is 43.3 Å². The van der Waals surface area contributed by atoms with Gasteiger partial charge in [0.25, 0.3) is 0 Å². The zero-order valence-corrected chi connectivity index (χ0v) is 16.1. The maximum Gasteiger partial charge on any atom is 0.458 e. The van der Waals surface area contributed by atoms with Gasteiger partial charge in [-0.2, -0.15) is 22.0 Å². The van der Waals surface area contributed by atoms with Crippen LogP contribution in [0.1, 0.15) is 5.56 Å². The van der Waals surface area contributed by atoms with E-state index in [1.54, 1.807) is 42.5 Å². The second-order valence-corrected chi connectivity index (χ2v) is 6.78. The van der Waals surface area contributed by atoms with E-state index in [2.05, 4.69) is 5.32 Å². The van der Waals surface area contributed by atoms with Crippen molar-refractivity contribution >= 4 is 23.4 Å². The number of amides is 1. The standard InChI is InChI=1S/C20H14ClF5N2O2/c1-28-10-15(19(22,23)20(24,25)26)17(11-28)30-18(29)27-16-9-13(21)7-8-14(16)12-5-3-2-4-6-12/h2-11H,1H3,(H,27,29). The summed E-state index contributed by atoms with van der Waals surface area (Å²) in [5.74, 6) is -6.12. The molecule has 0 saturated carbocycles. The monoisotopic (exact) mass is 444 g/mol. The smallest absolute Gasteiger partial charge is 0.408 e. The van der Waals surface area contributed by atoms with Gasteiger partial charge < -0.3 is 9.30 Å². The summed E-state index contributed by atoms with van der Waals surface area (Å²) in [6.45, 7) is 0. The Morgan fingerprint density at radius 3 is 2.33 bits per heavy atom. The van der Waals surface area contributed by atoms with Crippen molar-refractivity contribution in [2.75, 3.05) is 5.32 Å². The van der Waals surface area contributed by atoms with Crippen LogP contribution < -0.4 is 10.1 Å². The highest BCUT2D eigenvalue weighted by Crippen LogP contribution is 2.47. The summed E-state index contributed by atoms with van der Waals surface area (Å²) >= 11 is 5.97. The van der Waals surface area contributed by atoms with Gasteiger partial charge in [-0.1, -0.05) is 48.0 Å². The lowest BCUT2D eigenvalue weighted by Crippen LogP contribution is -2.34. The first kappa shape index (κ1) is 21.6. The number of alkyl halides is 5. The molecule has 3 aromatic rings. The highest BCUT2D eigenvalue weighted by atomic mass is 35.5. The van der Waals surface area contributed by atoms with E-state index in [9.17, 15) is 26.7 Å². The van der Waals surface area contributed by atoms with E-state index in [0.29, 0.717) is 17.3 Å². The summed E-state index contributed by atoms with van der Waals surface area (Å²) < 4.78 is 71.5. The second kappa shape index (κ2) is 7.98. The van der Waals surface area contributed by atoms with Crippen LogP contribution in [-0.2, 0) is 13.0 Å². The minimum atomic E-state index is -5.85. The molecule has 0 aliphatic carbocycles. The van der Waals surface area contributed by atoms with E-state index in [1.807, 2.05) is 0 Å². The van der Waals surface area contributed by atoms with Crippen molar-refractivity contribution in [3.8, 4) is 16.9 Å². The van der Waals surface area contributed by atoms with Crippen LogP contribution in [0.15, 0.2) is 60.9 Å². The van der Waals surface area contributed by atoms with Crippen molar-refractivity contribution < 1.29 is 31.5 Å². The highest BCUT2D eigenvalue weighted by Gasteiger charge is 2.60. The van der Waals surface area contributed by atoms with Gasteiger partial charge >= 0.3 is 18.2 Å². The summed E-state index contributed by atoms with van der Waals surface area (Å²) in [5.41, 5.74) is -0.0138. The third kappa shape index (κ3) is 4.40. The Balaban J connectivity index is 1.89. The molecule has 0 radical (unpaired) electrons. The quantitative estimate of drug-likeness (QED) is 0.460. The Kier molecular flexibility index (Phi) is 5.76. The fraction of sp³-hybridized carbons (Fsp3) is 0.150. The van der Waals surface area contributed by atoms with Gasteiger partial charge in [0, 0.05) is 30.0 Å². The van der Waals surface area contributed by atoms with E-state index in [-0.39, 0.29) is 10.7 Å². The summed E-state index contributed by atoms with van der Waals surface area (Å²) in [5, 5.41) is 2.62. The lowest BCUT2D eigenvalue weighted by Gasteiger charge is -2.19. The molecule has 1 N–H and O–H groups in total. The van der Waals surface area contributed by atoms with E-state index < -0.39 is 29.5 Å². The van der Waals surface area contributed by atoms with Gasteiger partial charge in [0.1, 0.15) is 0 Å². The molecule has 158 valence electrons. The number of nitrogens with one attached hydrogen (secondary N) is 1. The van der Waals surface area contributed by atoms with Crippen molar-refractivity contribution in [3.05, 3.63) is 71.5 Å². The minimum absolute atomic E-state index is 0.193. The zero-order valence-electron chi connectivity index (χ0n) is 15.3. The van der Waals surface area contributed by atoms with Gasteiger partial charge in [-0.05, 0) is 17.7 Å². The van der Waals surface area contributed by atoms with Gasteiger partial charge in [0.2, 0.25) is 0 Å². The number of hydrogen-bond donors (Lipinski definition) is 1. The molecule has 30 heavy (non-hydrogen) atoms. The van der Waals surface area contributed by atoms with Gasteiger partial charge in [0.05, 0.1) is 11.3 Å². The minimum Gasteiger partial charge on any atom is -0.408 e. The van der Waals surface area contributed by atoms with Crippen molar-refractivity contribution in [3.63, 3.8) is 0 Å². The zero-order chi connectivity index (χ0) is 22.1. The van der Waals surface area contributed by atoms with Crippen LogP contribution in [0.2, 0.25) is 5.02 Å². The van der Waals surface area contributed by atoms with Gasteiger partial charge in [0.15, 0.2) is 5.75 Å². The molecule has 1 amide bonds. The SMILES string of the molecule is Cn1cc(OC(=O)Nc2cc(Cl)ccc2-c2ccccc2)c(C(F)(F)C(F)(F)F)c1. The number of rotatable bonds is 4. The van der Waals surface area contributed by atoms with Crippen molar-refractivity contribution in [1.29, 1.82) is 0 Å². The maximum absolute atomic E-state index is 13.8. The molecule has 0 atom stereocenters. The summed E-state index contributed by atoms with van der Waals surface area (Å²) in [4.78, 5) is 12.3. The molecule has 10 heteroatoms. The van der Waals surface area contributed by atoms with Crippen LogP contribution in [0.5, 0.6) is 5.75 Å². The Morgan fingerprint density at radius 2 is 1.70 bits per heavy atom. The molecule has 0 unspecified atom stereocenters. The average molecular weight is 445 g/mol. The van der Waals surface area contributed by atoms with E-state index in [0.717, 1.165) is 10.8 Å². The number of carbonyl (C=O) groups is 1. The molecule has 0 fully saturated rings. The van der Waals surface area contributed by atoms with Crippen LogP contribution in [-0.4, -0.2) is 16.8 Å². The number of ether oxygens (including phenoxy) is 1. The molecule has 4 nitrogen and oxygen atoms in total. The summed E-state index contributed by atoms with van der Waals surface area (Å²) in [6, 6.07) is 13.5. The van der Waals surface area contributed by atoms with Crippen molar-refractivity contribution in [2.24, 2.45) is 7.05 Å². The van der Waals surface area contributed by atoms with E-state index in [1.165, 1.54) is 13.1 Å². The number of halogens is 6. The Hall–Kier alpha value is -3.07. The molecule has 1 aromatic heterocycles. The number of hydrogen-bond acceptors (Lipinski definition) is 2. The Morgan fingerprint density at radius 1 is 1.03 bits per heavy atom. The third-order valence-corrected chi connectivity index (χ3v) is 4.35. The van der Waals surface area contributed by atoms with Crippen LogP contribution in [0.25, 0.3) is 11.1 Å². The first-order valence-electron chi connectivity index (χ1n) is 8.44. The maximum atomic E-state index is 13.8. The first-order valence-corrected chi connectivity index (χ1v) is 8.81. The summed E-state index contributed by atoms with van der Waals surface area (Å²) in [7, 11) is 1.23. The van der Waals surface area contributed by atoms with Gasteiger partial charge in [-0.3, -0.25) is 5.32 Å². The summed E-state index contributed by atoms with van der Waals surface area (Å²) in [6.07, 6.45) is -5.70. The van der Waals surface area contributed by atoms with E-state index >= 15 is 0 Å². The number of aromatic nitrogens is 1. The molecule has 3 rings (SSSR count). The highest BCUT2D eigenvalue weighted by molar-refractivity contribution is 6.31. The van der Waals surface area contributed by atoms with Crippen LogP contribution in [0, 0.1) is 0 Å². The van der Waals surface area contributed by atoms with Gasteiger partial charge in [-0.25, -0.2) is 4.79 Å². The molecule has 2 aromatic carbocycles. The van der Waals surface area contributed by atoms with Crippen molar-refractivity contribution in [1.82, 2.24) is 4.57 Å². The molecular formula is C20H14ClF5N2O2. The fourth-order valence-corrected chi connectivity index (χ4v) is 2.93. The Labute approximate surface area is 172 Å². The van der Waals surface area contributed by atoms with Crippen LogP contribution in [0.4, 0.5) is 32.4 Å². The molecule has 0 aliphatic rings. The molecule has 0 aliphatic heterocycles. The molecule has 0 saturated heterocycles. The lowest BCUT2D eigenvalue weighted by atomic mass is 10.0. The van der Waals surface area contributed by atoms with Crippen LogP contribution >= 0.6 is 11.6 Å². The number of carbonyl (C=O) groups excluding carboxylic acids is 1. The molecule has 1 heterocycles. The van der Waals surface area contributed by atoms with Crippen LogP contribution in [0.3, 0.4) is 0 Å². The largest absolute Gasteiger partial charge is 0.458 e. The molecule has 0 bridgehead atoms. The Bertz CT molecular complexity index is 1060. The average Bonchev–Trinajstić information content (AvgIpc) is 3.02. The lowest BCUT2D eigenvalue weighted by molar-refractivity contribution is -0.289. The number of benzene rings is 2. The number of anilines is 1. The fourth-order valence-electron chi connectivity index (χ4n) is 2.75. The number of aryl methyl sites for hydroxylation is 1. The van der Waals surface area contributed by atoms with Gasteiger partial charge in [-0.15, -0.1) is 0 Å². The predicted molar refractivity (Wildman–Crippen MR) is 102 cm³/mol. The molecular weight excluding hydrogens is 431 g/mol. The van der Waals surface area contributed by atoms with Crippen molar-refractivity contribution in [2.45, 2.75) is 12.1 Å². The third-order valence-electron chi connectivity index (χ3n) is 4.12. The molecule has 0 spiro atoms. The first-order chi connectivity index (χ1) is 14.0. The second-order valence-electron chi connectivity index (χ2n) is 6.34. The predicted octanol–water partition coefficient (Wildman–Crippen LogP) is 6.61. The normalized spacial score (nSPS) is 12.0. The number of nitrogens with zero attached hydrogens (tertiary/aromatic N) is 1. The van der Waals surface area contributed by atoms with E-state index in [4.69, 9.17) is 16.3 Å².